The zero-order valence-corrected chi connectivity index (χ0v) is 25.1. The van der Waals surface area contributed by atoms with Crippen molar-refractivity contribution in [2.24, 2.45) is 52.8 Å². The van der Waals surface area contributed by atoms with Crippen molar-refractivity contribution in [1.29, 1.82) is 0 Å². The molecule has 0 amide bonds. The molecule has 8 N–H and O–H groups in total. The molecule has 8 heteroatoms. The Morgan fingerprint density at radius 2 is 1.60 bits per heavy atom. The molecule has 16 atom stereocenters. The first-order valence-electron chi connectivity index (χ1n) is 16.3. The van der Waals surface area contributed by atoms with Crippen molar-refractivity contribution >= 4 is 0 Å². The lowest BCUT2D eigenvalue weighted by molar-refractivity contribution is -0.296. The molecule has 0 aromatic rings. The lowest BCUT2D eigenvalue weighted by atomic mass is 9.46. The highest BCUT2D eigenvalue weighted by atomic mass is 16.4. The summed E-state index contributed by atoms with van der Waals surface area (Å²) in [5.74, 6) is -2.12. The molecule has 1 saturated heterocycles. The van der Waals surface area contributed by atoms with Crippen molar-refractivity contribution in [2.75, 3.05) is 6.54 Å². The molecule has 0 bridgehead atoms. The molecule has 1 heterocycles. The van der Waals surface area contributed by atoms with Gasteiger partial charge in [-0.15, -0.1) is 0 Å². The SMILES string of the molecule is CC(O)C1C(O)C[C@@H]2C[C@@H]3CC4C(C5CCCCN5)CC(CCCC(C)(C)C)C(O)C4C(O)C3C(O)[C@]2(O)C1O. The summed E-state index contributed by atoms with van der Waals surface area (Å²) in [4.78, 5) is 0. The van der Waals surface area contributed by atoms with Gasteiger partial charge >= 0.3 is 0 Å². The number of hydrogen-bond acceptors (Lipinski definition) is 8. The van der Waals surface area contributed by atoms with E-state index in [0.717, 1.165) is 45.1 Å². The lowest BCUT2D eigenvalue weighted by Gasteiger charge is -2.63. The molecule has 0 aromatic heterocycles. The molecule has 5 rings (SSSR count). The van der Waals surface area contributed by atoms with Crippen molar-refractivity contribution in [3.05, 3.63) is 0 Å². The second-order valence-electron chi connectivity index (χ2n) is 15.8. The van der Waals surface area contributed by atoms with Gasteiger partial charge in [0, 0.05) is 23.8 Å². The minimum absolute atomic E-state index is 0.0743. The molecule has 5 fully saturated rings. The number of hydrogen-bond donors (Lipinski definition) is 8. The second kappa shape index (κ2) is 11.6. The normalized spacial score (nSPS) is 52.3. The summed E-state index contributed by atoms with van der Waals surface area (Å²) in [5.41, 5.74) is -1.70. The summed E-state index contributed by atoms with van der Waals surface area (Å²) < 4.78 is 0. The predicted molar refractivity (Wildman–Crippen MR) is 152 cm³/mol. The van der Waals surface area contributed by atoms with Gasteiger partial charge in [0.1, 0.15) is 5.60 Å². The first kappa shape index (κ1) is 31.1. The Morgan fingerprint density at radius 3 is 2.23 bits per heavy atom. The van der Waals surface area contributed by atoms with Crippen molar-refractivity contribution < 1.29 is 35.7 Å². The maximum Gasteiger partial charge on any atom is 0.120 e. The number of nitrogens with one attached hydrogen (secondary N) is 1. The van der Waals surface area contributed by atoms with Gasteiger partial charge in [0.05, 0.1) is 36.6 Å². The van der Waals surface area contributed by atoms with Gasteiger partial charge in [0.2, 0.25) is 0 Å². The minimum atomic E-state index is -1.92. The summed E-state index contributed by atoms with van der Waals surface area (Å²) in [5, 5.41) is 83.5. The van der Waals surface area contributed by atoms with Gasteiger partial charge in [-0.25, -0.2) is 0 Å². The molecule has 40 heavy (non-hydrogen) atoms. The lowest BCUT2D eigenvalue weighted by Crippen LogP contribution is -2.74. The van der Waals surface area contributed by atoms with Gasteiger partial charge in [0.15, 0.2) is 0 Å². The van der Waals surface area contributed by atoms with Crippen LogP contribution in [0, 0.1) is 52.8 Å². The van der Waals surface area contributed by atoms with Crippen LogP contribution in [0.5, 0.6) is 0 Å². The second-order valence-corrected chi connectivity index (χ2v) is 15.8. The smallest absolute Gasteiger partial charge is 0.120 e. The fraction of sp³-hybridized carbons (Fsp3) is 1.00. The molecule has 8 nitrogen and oxygen atoms in total. The zero-order chi connectivity index (χ0) is 29.1. The van der Waals surface area contributed by atoms with Crippen molar-refractivity contribution in [3.63, 3.8) is 0 Å². The van der Waals surface area contributed by atoms with Gasteiger partial charge < -0.3 is 41.1 Å². The molecular formula is C32H57NO7. The number of piperidine rings is 1. The Morgan fingerprint density at radius 1 is 0.875 bits per heavy atom. The van der Waals surface area contributed by atoms with E-state index in [4.69, 9.17) is 0 Å². The Kier molecular flexibility index (Phi) is 9.06. The first-order chi connectivity index (χ1) is 18.8. The maximum absolute atomic E-state index is 12.0. The first-order valence-corrected chi connectivity index (χ1v) is 16.3. The topological polar surface area (TPSA) is 154 Å². The third-order valence-corrected chi connectivity index (χ3v) is 12.2. The molecular weight excluding hydrogens is 510 g/mol. The van der Waals surface area contributed by atoms with E-state index < -0.39 is 65.9 Å². The van der Waals surface area contributed by atoms with Crippen LogP contribution in [0.3, 0.4) is 0 Å². The quantitative estimate of drug-likeness (QED) is 0.250. The van der Waals surface area contributed by atoms with Crippen LogP contribution in [-0.4, -0.2) is 90.6 Å². The molecule has 4 saturated carbocycles. The van der Waals surface area contributed by atoms with Gasteiger partial charge in [-0.1, -0.05) is 33.6 Å². The van der Waals surface area contributed by atoms with Crippen LogP contribution in [-0.2, 0) is 0 Å². The van der Waals surface area contributed by atoms with E-state index in [-0.39, 0.29) is 29.6 Å². The van der Waals surface area contributed by atoms with E-state index in [1.807, 2.05) is 0 Å². The van der Waals surface area contributed by atoms with Crippen LogP contribution in [0.4, 0.5) is 0 Å². The summed E-state index contributed by atoms with van der Waals surface area (Å²) in [6, 6.07) is 0.359. The Labute approximate surface area is 240 Å². The van der Waals surface area contributed by atoms with E-state index in [2.05, 4.69) is 26.1 Å². The third kappa shape index (κ3) is 5.42. The van der Waals surface area contributed by atoms with E-state index in [0.29, 0.717) is 18.4 Å². The summed E-state index contributed by atoms with van der Waals surface area (Å²) in [7, 11) is 0. The van der Waals surface area contributed by atoms with Crippen LogP contribution in [0.1, 0.15) is 91.9 Å². The van der Waals surface area contributed by atoms with Crippen LogP contribution < -0.4 is 5.32 Å². The summed E-state index contributed by atoms with van der Waals surface area (Å²) in [6.45, 7) is 9.20. The summed E-state index contributed by atoms with van der Waals surface area (Å²) >= 11 is 0. The number of rotatable bonds is 5. The van der Waals surface area contributed by atoms with Gasteiger partial charge in [-0.2, -0.15) is 0 Å². The Hall–Kier alpha value is -0.320. The Bertz CT molecular complexity index is 859. The van der Waals surface area contributed by atoms with Gasteiger partial charge in [0.25, 0.3) is 0 Å². The van der Waals surface area contributed by atoms with E-state index in [1.165, 1.54) is 19.8 Å². The molecule has 5 aliphatic rings. The van der Waals surface area contributed by atoms with Crippen molar-refractivity contribution in [1.82, 2.24) is 5.32 Å². The molecule has 1 aliphatic heterocycles. The highest BCUT2D eigenvalue weighted by Crippen LogP contribution is 2.59. The zero-order valence-electron chi connectivity index (χ0n) is 25.1. The molecule has 0 spiro atoms. The van der Waals surface area contributed by atoms with Crippen molar-refractivity contribution in [3.8, 4) is 0 Å². The van der Waals surface area contributed by atoms with E-state index >= 15 is 0 Å². The number of aliphatic hydroxyl groups is 7. The van der Waals surface area contributed by atoms with E-state index in [1.54, 1.807) is 0 Å². The molecule has 0 aromatic carbocycles. The molecule has 0 radical (unpaired) electrons. The fourth-order valence-corrected chi connectivity index (χ4v) is 10.3. The monoisotopic (exact) mass is 567 g/mol. The van der Waals surface area contributed by atoms with Crippen molar-refractivity contribution in [2.45, 2.75) is 140 Å². The highest BCUT2D eigenvalue weighted by molar-refractivity contribution is 5.17. The highest BCUT2D eigenvalue weighted by Gasteiger charge is 2.67. The molecule has 4 aliphatic carbocycles. The van der Waals surface area contributed by atoms with Crippen LogP contribution in [0.15, 0.2) is 0 Å². The predicted octanol–water partition coefficient (Wildman–Crippen LogP) is 1.81. The van der Waals surface area contributed by atoms with Crippen LogP contribution in [0.25, 0.3) is 0 Å². The van der Waals surface area contributed by atoms with Gasteiger partial charge in [-0.3, -0.25) is 0 Å². The van der Waals surface area contributed by atoms with E-state index in [9.17, 15) is 35.7 Å². The standard InChI is InChI=1S/C32H57NO7/c1-16(34)24-23(35)15-19-12-18-14-21-20(22-9-5-6-11-33-22)13-17(8-7-10-31(2,3)4)27(36)26(21)28(37)25(18)30(39)32(19,40)29(24)38/h16-30,33-40H,5-15H2,1-4H3/t16?,17?,18-,19+,20?,21?,22?,23?,24?,25?,26?,27?,28?,29?,30?,32-/m1/s1. The number of fused-ring (bicyclic) bond motifs is 3. The average molecular weight is 568 g/mol. The Balaban J connectivity index is 1.43. The maximum atomic E-state index is 12.0. The molecule has 13 unspecified atom stereocenters. The van der Waals surface area contributed by atoms with Gasteiger partial charge in [-0.05, 0) is 99.8 Å². The molecule has 232 valence electrons. The summed E-state index contributed by atoms with van der Waals surface area (Å²) in [6.07, 6.45) is 2.23. The minimum Gasteiger partial charge on any atom is -0.393 e. The number of aliphatic hydroxyl groups excluding tert-OH is 6. The van der Waals surface area contributed by atoms with Crippen LogP contribution in [0.2, 0.25) is 0 Å². The fourth-order valence-electron chi connectivity index (χ4n) is 10.3. The van der Waals surface area contributed by atoms with Crippen LogP contribution >= 0.6 is 0 Å². The third-order valence-electron chi connectivity index (χ3n) is 12.2. The largest absolute Gasteiger partial charge is 0.393 e. The average Bonchev–Trinajstić information content (AvgIpc) is 2.87.